The Balaban J connectivity index is 2.30. The smallest absolute Gasteiger partial charge is 0.0185 e. The van der Waals surface area contributed by atoms with Crippen LogP contribution in [0.15, 0.2) is 30.3 Å². The van der Waals surface area contributed by atoms with Crippen LogP contribution in [0.5, 0.6) is 0 Å². The van der Waals surface area contributed by atoms with Crippen LogP contribution in [0.2, 0.25) is 0 Å². The fraction of sp³-hybridized carbons (Fsp3) is 0.385. The van der Waals surface area contributed by atoms with Gasteiger partial charge in [-0.25, -0.2) is 0 Å². The first-order valence-electron chi connectivity index (χ1n) is 5.04. The van der Waals surface area contributed by atoms with E-state index in [0.29, 0.717) is 0 Å². The van der Waals surface area contributed by atoms with E-state index in [0.717, 1.165) is 5.92 Å². The average Bonchev–Trinajstić information content (AvgIpc) is 2.53. The van der Waals surface area contributed by atoms with Crippen LogP contribution in [0.4, 0.5) is 0 Å². The van der Waals surface area contributed by atoms with E-state index in [4.69, 9.17) is 0 Å². The molecule has 0 amide bonds. The zero-order chi connectivity index (χ0) is 9.26. The Bertz CT molecular complexity index is 316. The van der Waals surface area contributed by atoms with Crippen LogP contribution < -0.4 is 0 Å². The Kier molecular flexibility index (Phi) is 2.22. The minimum atomic E-state index is 0.753. The second kappa shape index (κ2) is 3.37. The summed E-state index contributed by atoms with van der Waals surface area (Å²) in [6.07, 6.45) is 4.96. The predicted octanol–water partition coefficient (Wildman–Crippen LogP) is 3.81. The van der Waals surface area contributed by atoms with Gasteiger partial charge in [0.05, 0.1) is 0 Å². The fourth-order valence-electron chi connectivity index (χ4n) is 1.99. The topological polar surface area (TPSA) is 0 Å². The molecule has 0 fully saturated rings. The third kappa shape index (κ3) is 1.67. The Morgan fingerprint density at radius 3 is 2.38 bits per heavy atom. The lowest BCUT2D eigenvalue weighted by Crippen LogP contribution is -1.92. The molecule has 0 aliphatic heterocycles. The predicted molar refractivity (Wildman–Crippen MR) is 57.6 cm³/mol. The van der Waals surface area contributed by atoms with E-state index in [2.05, 4.69) is 44.2 Å². The summed E-state index contributed by atoms with van der Waals surface area (Å²) in [5, 5.41) is 0. The third-order valence-electron chi connectivity index (χ3n) is 2.88. The van der Waals surface area contributed by atoms with Crippen LogP contribution >= 0.6 is 0 Å². The lowest BCUT2D eigenvalue weighted by Gasteiger charge is -2.09. The van der Waals surface area contributed by atoms with Gasteiger partial charge in [-0.1, -0.05) is 42.8 Å². The highest BCUT2D eigenvalue weighted by atomic mass is 14.2. The molecule has 13 heavy (non-hydrogen) atoms. The van der Waals surface area contributed by atoms with Crippen molar-refractivity contribution in [1.82, 2.24) is 0 Å². The molecule has 1 aromatic rings. The maximum absolute atomic E-state index is 2.38. The molecule has 0 saturated carbocycles. The summed E-state index contributed by atoms with van der Waals surface area (Å²) in [4.78, 5) is 0. The van der Waals surface area contributed by atoms with Crippen molar-refractivity contribution in [2.45, 2.75) is 26.7 Å². The number of rotatable bonds is 1. The zero-order valence-electron chi connectivity index (χ0n) is 8.38. The van der Waals surface area contributed by atoms with E-state index in [1.54, 1.807) is 5.57 Å². The van der Waals surface area contributed by atoms with Crippen molar-refractivity contribution in [1.29, 1.82) is 0 Å². The second-order valence-corrected chi connectivity index (χ2v) is 4.00. The molecule has 1 atom stereocenters. The molecule has 2 rings (SSSR count). The van der Waals surface area contributed by atoms with Gasteiger partial charge in [0.15, 0.2) is 0 Å². The first-order valence-corrected chi connectivity index (χ1v) is 5.04. The lowest BCUT2D eigenvalue weighted by atomic mass is 9.96. The minimum Gasteiger partial charge on any atom is -0.0804 e. The first kappa shape index (κ1) is 8.55. The van der Waals surface area contributed by atoms with Gasteiger partial charge in [-0.2, -0.15) is 0 Å². The van der Waals surface area contributed by atoms with Crippen LogP contribution in [-0.2, 0) is 0 Å². The van der Waals surface area contributed by atoms with E-state index in [-0.39, 0.29) is 0 Å². The van der Waals surface area contributed by atoms with E-state index >= 15 is 0 Å². The maximum Gasteiger partial charge on any atom is -0.0185 e. The van der Waals surface area contributed by atoms with Crippen LogP contribution in [0, 0.1) is 12.8 Å². The average molecular weight is 172 g/mol. The monoisotopic (exact) mass is 172 g/mol. The number of benzene rings is 1. The highest BCUT2D eigenvalue weighted by Crippen LogP contribution is 2.33. The molecule has 0 spiro atoms. The van der Waals surface area contributed by atoms with Crippen molar-refractivity contribution in [3.05, 3.63) is 41.5 Å². The first-order chi connectivity index (χ1) is 6.27. The molecule has 1 unspecified atom stereocenters. The molecule has 0 nitrogen and oxygen atoms in total. The summed E-state index contributed by atoms with van der Waals surface area (Å²) in [6.45, 7) is 4.45. The lowest BCUT2D eigenvalue weighted by molar-refractivity contribution is 0.715. The van der Waals surface area contributed by atoms with Gasteiger partial charge in [0.25, 0.3) is 0 Å². The van der Waals surface area contributed by atoms with Gasteiger partial charge < -0.3 is 0 Å². The van der Waals surface area contributed by atoms with Gasteiger partial charge in [0.1, 0.15) is 0 Å². The van der Waals surface area contributed by atoms with Crippen molar-refractivity contribution in [3.8, 4) is 0 Å². The van der Waals surface area contributed by atoms with Crippen LogP contribution in [0.3, 0.4) is 0 Å². The molecular weight excluding hydrogens is 156 g/mol. The third-order valence-corrected chi connectivity index (χ3v) is 2.88. The number of hydrogen-bond acceptors (Lipinski definition) is 0. The molecule has 1 aromatic carbocycles. The Morgan fingerprint density at radius 2 is 1.85 bits per heavy atom. The van der Waals surface area contributed by atoms with Crippen LogP contribution in [-0.4, -0.2) is 0 Å². The van der Waals surface area contributed by atoms with Gasteiger partial charge in [-0.3, -0.25) is 0 Å². The highest BCUT2D eigenvalue weighted by Gasteiger charge is 2.15. The molecule has 0 heteroatoms. The molecule has 0 radical (unpaired) electrons. The molecule has 0 N–H and O–H groups in total. The Labute approximate surface area is 80.3 Å². The van der Waals surface area contributed by atoms with Crippen molar-refractivity contribution in [2.75, 3.05) is 0 Å². The van der Waals surface area contributed by atoms with Crippen LogP contribution in [0.1, 0.15) is 30.9 Å². The molecule has 1 aliphatic carbocycles. The van der Waals surface area contributed by atoms with Gasteiger partial charge >= 0.3 is 0 Å². The SMILES string of the molecule is Cc1ccc(C2=CCCC2C)cc1. The summed E-state index contributed by atoms with van der Waals surface area (Å²) in [5.41, 5.74) is 4.30. The molecule has 0 heterocycles. The number of allylic oxidation sites excluding steroid dienone is 2. The molecule has 0 saturated heterocycles. The molecule has 0 bridgehead atoms. The van der Waals surface area contributed by atoms with Crippen LogP contribution in [0.25, 0.3) is 5.57 Å². The van der Waals surface area contributed by atoms with E-state index in [1.165, 1.54) is 24.0 Å². The van der Waals surface area contributed by atoms with Gasteiger partial charge in [-0.15, -0.1) is 0 Å². The molecule has 1 aliphatic rings. The summed E-state index contributed by atoms with van der Waals surface area (Å²) in [5.74, 6) is 0.753. The van der Waals surface area contributed by atoms with E-state index in [1.807, 2.05) is 0 Å². The molecule has 0 aromatic heterocycles. The second-order valence-electron chi connectivity index (χ2n) is 4.00. The zero-order valence-corrected chi connectivity index (χ0v) is 8.38. The van der Waals surface area contributed by atoms with Crippen molar-refractivity contribution in [2.24, 2.45) is 5.92 Å². The van der Waals surface area contributed by atoms with Gasteiger partial charge in [-0.05, 0) is 36.8 Å². The maximum atomic E-state index is 2.38. The largest absolute Gasteiger partial charge is 0.0804 e. The Morgan fingerprint density at radius 1 is 1.15 bits per heavy atom. The van der Waals surface area contributed by atoms with Crippen molar-refractivity contribution < 1.29 is 0 Å². The van der Waals surface area contributed by atoms with Crippen molar-refractivity contribution >= 4 is 5.57 Å². The summed E-state index contributed by atoms with van der Waals surface area (Å²) < 4.78 is 0. The van der Waals surface area contributed by atoms with E-state index in [9.17, 15) is 0 Å². The standard InChI is InChI=1S/C13H16/c1-10-6-8-12(9-7-10)13-5-3-4-11(13)2/h5-9,11H,3-4H2,1-2H3. The normalized spacial score (nSPS) is 21.7. The van der Waals surface area contributed by atoms with E-state index < -0.39 is 0 Å². The number of hydrogen-bond donors (Lipinski definition) is 0. The van der Waals surface area contributed by atoms with Gasteiger partial charge in [0, 0.05) is 0 Å². The summed E-state index contributed by atoms with van der Waals surface area (Å²) in [7, 11) is 0. The highest BCUT2D eigenvalue weighted by molar-refractivity contribution is 5.68. The summed E-state index contributed by atoms with van der Waals surface area (Å²) in [6, 6.07) is 8.87. The number of aryl methyl sites for hydroxylation is 1. The summed E-state index contributed by atoms with van der Waals surface area (Å²) >= 11 is 0. The van der Waals surface area contributed by atoms with Crippen molar-refractivity contribution in [3.63, 3.8) is 0 Å². The van der Waals surface area contributed by atoms with Gasteiger partial charge in [0.2, 0.25) is 0 Å². The quantitative estimate of drug-likeness (QED) is 0.604. The minimum absolute atomic E-state index is 0.753. The molecular formula is C13H16. The fourth-order valence-corrected chi connectivity index (χ4v) is 1.99. The molecule has 68 valence electrons. The Hall–Kier alpha value is -1.04.